The molecule has 0 radical (unpaired) electrons. The molecule has 5 heteroatoms. The SMILES string of the molecule is Cc1cc(Br)cc(C(=O)NC(C)(C)C(C)(C)C(=O)O)c1. The van der Waals surface area contributed by atoms with E-state index in [0.717, 1.165) is 10.0 Å². The highest BCUT2D eigenvalue weighted by Gasteiger charge is 2.44. The number of benzene rings is 1. The Morgan fingerprint density at radius 1 is 1.15 bits per heavy atom. The molecular formula is C15H20BrNO3. The lowest BCUT2D eigenvalue weighted by Gasteiger charge is -2.38. The van der Waals surface area contributed by atoms with E-state index < -0.39 is 16.9 Å². The molecule has 0 aliphatic heterocycles. The fourth-order valence-corrected chi connectivity index (χ4v) is 2.25. The molecule has 0 spiro atoms. The summed E-state index contributed by atoms with van der Waals surface area (Å²) in [5.41, 5.74) is -0.499. The number of carbonyl (C=O) groups is 2. The standard InChI is InChI=1S/C15H20BrNO3/c1-9-6-10(8-11(16)7-9)12(18)17-15(4,5)14(2,3)13(19)20/h6-8H,1-5H3,(H,17,18)(H,19,20). The van der Waals surface area contributed by atoms with Gasteiger partial charge >= 0.3 is 5.97 Å². The second-order valence-corrected chi connectivity index (χ2v) is 6.94. The molecule has 2 N–H and O–H groups in total. The summed E-state index contributed by atoms with van der Waals surface area (Å²) in [6.07, 6.45) is 0. The van der Waals surface area contributed by atoms with E-state index in [1.165, 1.54) is 0 Å². The number of aliphatic carboxylic acids is 1. The summed E-state index contributed by atoms with van der Waals surface area (Å²) >= 11 is 3.35. The van der Waals surface area contributed by atoms with Crippen LogP contribution < -0.4 is 5.32 Å². The zero-order valence-corrected chi connectivity index (χ0v) is 14.0. The smallest absolute Gasteiger partial charge is 0.311 e. The zero-order chi connectivity index (χ0) is 15.7. The minimum Gasteiger partial charge on any atom is -0.481 e. The van der Waals surface area contributed by atoms with Crippen molar-refractivity contribution in [2.24, 2.45) is 5.41 Å². The first-order chi connectivity index (χ1) is 8.97. The molecule has 0 saturated carbocycles. The molecule has 0 unspecified atom stereocenters. The molecule has 1 aromatic rings. The topological polar surface area (TPSA) is 66.4 Å². The van der Waals surface area contributed by atoms with E-state index >= 15 is 0 Å². The van der Waals surface area contributed by atoms with Crippen molar-refractivity contribution in [3.05, 3.63) is 33.8 Å². The van der Waals surface area contributed by atoms with Crippen LogP contribution in [0.2, 0.25) is 0 Å². The van der Waals surface area contributed by atoms with Crippen molar-refractivity contribution >= 4 is 27.8 Å². The Balaban J connectivity index is 3.03. The van der Waals surface area contributed by atoms with Crippen LogP contribution >= 0.6 is 15.9 Å². The fraction of sp³-hybridized carbons (Fsp3) is 0.467. The van der Waals surface area contributed by atoms with E-state index in [9.17, 15) is 14.7 Å². The van der Waals surface area contributed by atoms with Crippen molar-refractivity contribution in [1.29, 1.82) is 0 Å². The van der Waals surface area contributed by atoms with E-state index in [1.807, 2.05) is 13.0 Å². The van der Waals surface area contributed by atoms with Crippen LogP contribution in [0.15, 0.2) is 22.7 Å². The van der Waals surface area contributed by atoms with Crippen LogP contribution in [-0.4, -0.2) is 22.5 Å². The van der Waals surface area contributed by atoms with Gasteiger partial charge in [-0.1, -0.05) is 15.9 Å². The third kappa shape index (κ3) is 3.39. The van der Waals surface area contributed by atoms with Gasteiger partial charge in [0, 0.05) is 10.0 Å². The number of amides is 1. The molecule has 0 saturated heterocycles. The second-order valence-electron chi connectivity index (χ2n) is 6.03. The van der Waals surface area contributed by atoms with Crippen LogP contribution in [-0.2, 0) is 4.79 Å². The van der Waals surface area contributed by atoms with Gasteiger partial charge in [-0.3, -0.25) is 9.59 Å². The van der Waals surface area contributed by atoms with Crippen LogP contribution in [0.25, 0.3) is 0 Å². The summed E-state index contributed by atoms with van der Waals surface area (Å²) in [5, 5.41) is 12.1. The van der Waals surface area contributed by atoms with Gasteiger partial charge < -0.3 is 10.4 Å². The lowest BCUT2D eigenvalue weighted by atomic mass is 9.74. The molecule has 1 rings (SSSR count). The van der Waals surface area contributed by atoms with E-state index in [-0.39, 0.29) is 5.91 Å². The normalized spacial score (nSPS) is 12.1. The van der Waals surface area contributed by atoms with Crippen LogP contribution in [0.4, 0.5) is 0 Å². The van der Waals surface area contributed by atoms with Gasteiger partial charge in [-0.2, -0.15) is 0 Å². The van der Waals surface area contributed by atoms with Crippen molar-refractivity contribution < 1.29 is 14.7 Å². The van der Waals surface area contributed by atoms with E-state index in [4.69, 9.17) is 0 Å². The highest BCUT2D eigenvalue weighted by atomic mass is 79.9. The molecule has 0 aromatic heterocycles. The minimum atomic E-state index is -1.08. The Morgan fingerprint density at radius 2 is 1.70 bits per heavy atom. The summed E-state index contributed by atoms with van der Waals surface area (Å²) in [6.45, 7) is 8.52. The number of hydrogen-bond acceptors (Lipinski definition) is 2. The van der Waals surface area contributed by atoms with Crippen LogP contribution in [0, 0.1) is 12.3 Å². The molecule has 0 fully saturated rings. The van der Waals surface area contributed by atoms with E-state index in [2.05, 4.69) is 21.2 Å². The van der Waals surface area contributed by atoms with E-state index in [0.29, 0.717) is 5.56 Å². The summed E-state index contributed by atoms with van der Waals surface area (Å²) in [4.78, 5) is 23.6. The predicted molar refractivity (Wildman–Crippen MR) is 81.8 cm³/mol. The average Bonchev–Trinajstić information content (AvgIpc) is 2.26. The number of carboxylic acid groups (broad SMARTS) is 1. The number of hydrogen-bond donors (Lipinski definition) is 2. The third-order valence-corrected chi connectivity index (χ3v) is 4.29. The molecular weight excluding hydrogens is 322 g/mol. The quantitative estimate of drug-likeness (QED) is 0.882. The van der Waals surface area contributed by atoms with Gasteiger partial charge in [0.25, 0.3) is 5.91 Å². The Hall–Kier alpha value is -1.36. The van der Waals surface area contributed by atoms with Crippen molar-refractivity contribution in [3.8, 4) is 0 Å². The summed E-state index contributed by atoms with van der Waals surface area (Å²) in [5.74, 6) is -1.23. The largest absolute Gasteiger partial charge is 0.481 e. The van der Waals surface area contributed by atoms with Gasteiger partial charge in [0.1, 0.15) is 0 Å². The Labute approximate surface area is 127 Å². The Kier molecular flexibility index (Phi) is 4.64. The molecule has 1 aromatic carbocycles. The first-order valence-corrected chi connectivity index (χ1v) is 7.10. The third-order valence-electron chi connectivity index (χ3n) is 3.83. The first-order valence-electron chi connectivity index (χ1n) is 6.30. The van der Waals surface area contributed by atoms with Gasteiger partial charge in [-0.25, -0.2) is 0 Å². The van der Waals surface area contributed by atoms with Crippen molar-refractivity contribution in [1.82, 2.24) is 5.32 Å². The highest BCUT2D eigenvalue weighted by Crippen LogP contribution is 2.31. The number of carbonyl (C=O) groups excluding carboxylic acids is 1. The average molecular weight is 342 g/mol. The van der Waals surface area contributed by atoms with Gasteiger partial charge in [-0.05, 0) is 58.4 Å². The lowest BCUT2D eigenvalue weighted by molar-refractivity contribution is -0.150. The Bertz CT molecular complexity index is 530. The maximum atomic E-state index is 12.3. The van der Waals surface area contributed by atoms with Gasteiger partial charge in [-0.15, -0.1) is 0 Å². The monoisotopic (exact) mass is 341 g/mol. The molecule has 4 nitrogen and oxygen atoms in total. The minimum absolute atomic E-state index is 0.284. The first kappa shape index (κ1) is 16.7. The number of halogens is 1. The van der Waals surface area contributed by atoms with Crippen LogP contribution in [0.5, 0.6) is 0 Å². The zero-order valence-electron chi connectivity index (χ0n) is 12.4. The van der Waals surface area contributed by atoms with Gasteiger partial charge in [0.15, 0.2) is 0 Å². The number of rotatable bonds is 4. The number of carboxylic acids is 1. The van der Waals surface area contributed by atoms with E-state index in [1.54, 1.807) is 39.8 Å². The van der Waals surface area contributed by atoms with Crippen LogP contribution in [0.1, 0.15) is 43.6 Å². The summed E-state index contributed by atoms with van der Waals surface area (Å²) in [6, 6.07) is 5.39. The lowest BCUT2D eigenvalue weighted by Crippen LogP contribution is -2.56. The molecule has 1 amide bonds. The number of aryl methyl sites for hydroxylation is 1. The van der Waals surface area contributed by atoms with Gasteiger partial charge in [0.05, 0.1) is 11.0 Å². The van der Waals surface area contributed by atoms with Crippen molar-refractivity contribution in [2.75, 3.05) is 0 Å². The molecule has 0 aliphatic rings. The van der Waals surface area contributed by atoms with Crippen LogP contribution in [0.3, 0.4) is 0 Å². The summed E-state index contributed by atoms with van der Waals surface area (Å²) in [7, 11) is 0. The highest BCUT2D eigenvalue weighted by molar-refractivity contribution is 9.10. The van der Waals surface area contributed by atoms with Crippen molar-refractivity contribution in [2.45, 2.75) is 40.2 Å². The molecule has 0 aliphatic carbocycles. The van der Waals surface area contributed by atoms with Crippen molar-refractivity contribution in [3.63, 3.8) is 0 Å². The van der Waals surface area contributed by atoms with Gasteiger partial charge in [0.2, 0.25) is 0 Å². The predicted octanol–water partition coefficient (Wildman–Crippen LogP) is 3.38. The maximum Gasteiger partial charge on any atom is 0.311 e. The molecule has 0 bridgehead atoms. The molecule has 0 atom stereocenters. The molecule has 0 heterocycles. The fourth-order valence-electron chi connectivity index (χ4n) is 1.65. The summed E-state index contributed by atoms with van der Waals surface area (Å²) < 4.78 is 0.818. The number of nitrogens with one attached hydrogen (secondary N) is 1. The Morgan fingerprint density at radius 3 is 2.15 bits per heavy atom. The second kappa shape index (κ2) is 5.56. The molecule has 110 valence electrons. The molecule has 20 heavy (non-hydrogen) atoms. The maximum absolute atomic E-state index is 12.3.